The largest absolute Gasteiger partial charge is 0.489 e. The summed E-state index contributed by atoms with van der Waals surface area (Å²) >= 11 is 0. The first-order chi connectivity index (χ1) is 13.0. The molecule has 0 N–H and O–H groups in total. The molecule has 0 bridgehead atoms. The van der Waals surface area contributed by atoms with Crippen molar-refractivity contribution < 1.29 is 27.4 Å². The molecule has 27 heavy (non-hydrogen) atoms. The van der Waals surface area contributed by atoms with Gasteiger partial charge in [0.15, 0.2) is 11.6 Å². The van der Waals surface area contributed by atoms with Crippen molar-refractivity contribution in [3.8, 4) is 11.5 Å². The quantitative estimate of drug-likeness (QED) is 0.340. The maximum atomic E-state index is 14.2. The van der Waals surface area contributed by atoms with Crippen molar-refractivity contribution in [1.82, 2.24) is 0 Å². The lowest BCUT2D eigenvalue weighted by molar-refractivity contribution is 0.0730. The number of ether oxygens (including phenoxy) is 2. The first-order valence-corrected chi connectivity index (χ1v) is 8.12. The summed E-state index contributed by atoms with van der Waals surface area (Å²) in [5.74, 6) is -3.30. The van der Waals surface area contributed by atoms with Crippen LogP contribution >= 0.6 is 0 Å². The zero-order valence-electron chi connectivity index (χ0n) is 14.3. The Bertz CT molecular complexity index is 1030. The van der Waals surface area contributed by atoms with E-state index in [0.29, 0.717) is 10.8 Å². The lowest BCUT2D eigenvalue weighted by atomic mass is 10.1. The Morgan fingerprint density at radius 1 is 0.889 bits per heavy atom. The third-order valence-corrected chi connectivity index (χ3v) is 3.80. The van der Waals surface area contributed by atoms with Crippen LogP contribution in [0, 0.1) is 17.5 Å². The molecule has 0 unspecified atom stereocenters. The van der Waals surface area contributed by atoms with E-state index in [9.17, 15) is 18.0 Å². The predicted molar refractivity (Wildman–Crippen MR) is 95.5 cm³/mol. The summed E-state index contributed by atoms with van der Waals surface area (Å²) in [6, 6.07) is 10.1. The minimum Gasteiger partial charge on any atom is -0.489 e. The minimum atomic E-state index is -1.01. The molecule has 3 rings (SSSR count). The molecule has 0 aliphatic heterocycles. The van der Waals surface area contributed by atoms with E-state index in [1.165, 1.54) is 30.3 Å². The van der Waals surface area contributed by atoms with Crippen LogP contribution in [-0.4, -0.2) is 12.6 Å². The normalized spacial score (nSPS) is 11.1. The molecule has 0 amide bonds. The highest BCUT2D eigenvalue weighted by molar-refractivity contribution is 5.92. The van der Waals surface area contributed by atoms with Gasteiger partial charge >= 0.3 is 5.97 Å². The highest BCUT2D eigenvalue weighted by Crippen LogP contribution is 2.25. The zero-order chi connectivity index (χ0) is 19.4. The Labute approximate surface area is 153 Å². The Morgan fingerprint density at radius 3 is 2.30 bits per heavy atom. The van der Waals surface area contributed by atoms with Crippen molar-refractivity contribution in [2.75, 3.05) is 6.61 Å². The number of hydrogen-bond acceptors (Lipinski definition) is 3. The van der Waals surface area contributed by atoms with Gasteiger partial charge in [-0.05, 0) is 54.1 Å². The molecule has 0 aromatic heterocycles. The highest BCUT2D eigenvalue weighted by atomic mass is 19.2. The molecule has 3 aromatic rings. The number of esters is 1. The average Bonchev–Trinajstić information content (AvgIpc) is 2.63. The summed E-state index contributed by atoms with van der Waals surface area (Å²) in [4.78, 5) is 12.2. The van der Waals surface area contributed by atoms with Crippen LogP contribution in [0.3, 0.4) is 0 Å². The van der Waals surface area contributed by atoms with Crippen molar-refractivity contribution >= 4 is 16.7 Å². The van der Waals surface area contributed by atoms with Crippen molar-refractivity contribution in [3.63, 3.8) is 0 Å². The Hall–Kier alpha value is -3.28. The summed E-state index contributed by atoms with van der Waals surface area (Å²) < 4.78 is 51.2. The van der Waals surface area contributed by atoms with Crippen molar-refractivity contribution in [2.24, 2.45) is 0 Å². The average molecular weight is 372 g/mol. The second-order valence-corrected chi connectivity index (χ2v) is 5.69. The number of hydrogen-bond donors (Lipinski definition) is 0. The molecule has 0 fully saturated rings. The van der Waals surface area contributed by atoms with Crippen molar-refractivity contribution in [3.05, 3.63) is 83.7 Å². The number of rotatable bonds is 5. The smallest absolute Gasteiger partial charge is 0.346 e. The van der Waals surface area contributed by atoms with Crippen molar-refractivity contribution in [2.45, 2.75) is 6.92 Å². The van der Waals surface area contributed by atoms with E-state index < -0.39 is 23.4 Å². The third kappa shape index (κ3) is 4.28. The molecule has 0 atom stereocenters. The maximum Gasteiger partial charge on any atom is 0.346 e. The maximum absolute atomic E-state index is 14.2. The molecule has 0 heterocycles. The molecule has 138 valence electrons. The van der Waals surface area contributed by atoms with Crippen LogP contribution in [0.5, 0.6) is 11.5 Å². The van der Waals surface area contributed by atoms with Crippen LogP contribution in [0.2, 0.25) is 0 Å². The highest BCUT2D eigenvalue weighted by Gasteiger charge is 2.16. The molecule has 0 radical (unpaired) electrons. The second kappa shape index (κ2) is 7.95. The summed E-state index contributed by atoms with van der Waals surface area (Å²) in [5.41, 5.74) is -0.265. The fourth-order valence-electron chi connectivity index (χ4n) is 2.44. The van der Waals surface area contributed by atoms with E-state index in [1.54, 1.807) is 12.2 Å². The van der Waals surface area contributed by atoms with E-state index in [0.717, 1.165) is 18.2 Å². The lowest BCUT2D eigenvalue weighted by Crippen LogP contribution is -2.11. The topological polar surface area (TPSA) is 35.5 Å². The number of allylic oxidation sites excluding steroid dienone is 1. The number of carbonyl (C=O) groups is 1. The van der Waals surface area contributed by atoms with Gasteiger partial charge in [0, 0.05) is 6.07 Å². The molecular formula is C21H15F3O3. The van der Waals surface area contributed by atoms with Gasteiger partial charge in [0.05, 0.1) is 5.56 Å². The third-order valence-electron chi connectivity index (χ3n) is 3.80. The SMILES string of the molecule is CC=CCOc1ccc(C(=O)Oc2ccc3cc(F)c(F)cc3c2)c(F)c1. The molecule has 6 heteroatoms. The van der Waals surface area contributed by atoms with Crippen molar-refractivity contribution in [1.29, 1.82) is 0 Å². The molecular weight excluding hydrogens is 357 g/mol. The van der Waals surface area contributed by atoms with Crippen LogP contribution in [0.15, 0.2) is 60.7 Å². The molecule has 0 aliphatic carbocycles. The van der Waals surface area contributed by atoms with Crippen LogP contribution in [0.1, 0.15) is 17.3 Å². The second-order valence-electron chi connectivity index (χ2n) is 5.69. The van der Waals surface area contributed by atoms with E-state index in [4.69, 9.17) is 9.47 Å². The van der Waals surface area contributed by atoms with E-state index in [1.807, 2.05) is 6.92 Å². The first-order valence-electron chi connectivity index (χ1n) is 8.12. The molecule has 0 saturated carbocycles. The molecule has 0 saturated heterocycles. The monoisotopic (exact) mass is 372 g/mol. The van der Waals surface area contributed by atoms with Crippen LogP contribution < -0.4 is 9.47 Å². The van der Waals surface area contributed by atoms with E-state index in [-0.39, 0.29) is 23.7 Å². The van der Waals surface area contributed by atoms with Gasteiger partial charge in [-0.3, -0.25) is 0 Å². The zero-order valence-corrected chi connectivity index (χ0v) is 14.3. The fourth-order valence-corrected chi connectivity index (χ4v) is 2.44. The van der Waals surface area contributed by atoms with Crippen LogP contribution in [0.25, 0.3) is 10.8 Å². The van der Waals surface area contributed by atoms with Gasteiger partial charge in [0.1, 0.15) is 23.9 Å². The minimum absolute atomic E-state index is 0.0892. The van der Waals surface area contributed by atoms with Gasteiger partial charge in [0.2, 0.25) is 0 Å². The molecule has 0 spiro atoms. The predicted octanol–water partition coefficient (Wildman–Crippen LogP) is 5.43. The van der Waals surface area contributed by atoms with Gasteiger partial charge in [-0.1, -0.05) is 18.2 Å². The Balaban J connectivity index is 1.78. The van der Waals surface area contributed by atoms with E-state index >= 15 is 0 Å². The van der Waals surface area contributed by atoms with Crippen LogP contribution in [0.4, 0.5) is 13.2 Å². The summed E-state index contributed by atoms with van der Waals surface area (Å²) in [5, 5.41) is 0.801. The number of carbonyl (C=O) groups excluding carboxylic acids is 1. The number of fused-ring (bicyclic) bond motifs is 1. The first kappa shape index (κ1) is 18.5. The molecule has 3 aromatic carbocycles. The summed E-state index contributed by atoms with van der Waals surface area (Å²) in [6.45, 7) is 2.12. The lowest BCUT2D eigenvalue weighted by Gasteiger charge is -2.08. The summed E-state index contributed by atoms with van der Waals surface area (Å²) in [6.07, 6.45) is 3.56. The van der Waals surface area contributed by atoms with Gasteiger partial charge in [0.25, 0.3) is 0 Å². The molecule has 0 aliphatic rings. The van der Waals surface area contributed by atoms with Gasteiger partial charge < -0.3 is 9.47 Å². The van der Waals surface area contributed by atoms with Gasteiger partial charge in [-0.15, -0.1) is 0 Å². The van der Waals surface area contributed by atoms with Gasteiger partial charge in [-0.2, -0.15) is 0 Å². The van der Waals surface area contributed by atoms with Crippen LogP contribution in [-0.2, 0) is 0 Å². The number of benzene rings is 3. The Kier molecular flexibility index (Phi) is 5.45. The fraction of sp³-hybridized carbons (Fsp3) is 0.0952. The standard InChI is InChI=1S/C21H15F3O3/c1-2-3-8-26-15-6-7-17(18(22)12-15)21(25)27-16-5-4-13-10-19(23)20(24)11-14(13)9-16/h2-7,9-12H,8H2,1H3. The Morgan fingerprint density at radius 2 is 1.59 bits per heavy atom. The summed E-state index contributed by atoms with van der Waals surface area (Å²) in [7, 11) is 0. The number of halogens is 3. The van der Waals surface area contributed by atoms with E-state index in [2.05, 4.69) is 0 Å². The molecule has 3 nitrogen and oxygen atoms in total. The van der Waals surface area contributed by atoms with Gasteiger partial charge in [-0.25, -0.2) is 18.0 Å².